The second-order valence-corrected chi connectivity index (χ2v) is 7.28. The third-order valence-electron chi connectivity index (χ3n) is 5.11. The highest BCUT2D eigenvalue weighted by Gasteiger charge is 2.25. The molecule has 0 aliphatic heterocycles. The van der Waals surface area contributed by atoms with Gasteiger partial charge in [-0.3, -0.25) is 4.98 Å². The van der Waals surface area contributed by atoms with E-state index in [-0.39, 0.29) is 5.56 Å². The van der Waals surface area contributed by atoms with Gasteiger partial charge in [0.1, 0.15) is 0 Å². The van der Waals surface area contributed by atoms with Crippen molar-refractivity contribution in [3.8, 4) is 11.3 Å². The second-order valence-electron chi connectivity index (χ2n) is 7.28. The van der Waals surface area contributed by atoms with Crippen LogP contribution >= 0.6 is 0 Å². The normalized spacial score (nSPS) is 18.0. The third kappa shape index (κ3) is 4.16. The third-order valence-corrected chi connectivity index (χ3v) is 5.11. The van der Waals surface area contributed by atoms with Crippen molar-refractivity contribution in [1.29, 1.82) is 0 Å². The van der Waals surface area contributed by atoms with Crippen LogP contribution in [0.25, 0.3) is 11.3 Å². The van der Waals surface area contributed by atoms with E-state index in [0.717, 1.165) is 12.0 Å². The van der Waals surface area contributed by atoms with Gasteiger partial charge in [-0.2, -0.15) is 13.8 Å². The first-order valence-electron chi connectivity index (χ1n) is 8.83. The van der Waals surface area contributed by atoms with Crippen molar-refractivity contribution in [2.45, 2.75) is 58.3 Å². The molecule has 2 aromatic heterocycles. The van der Waals surface area contributed by atoms with Crippen molar-refractivity contribution in [3.63, 3.8) is 0 Å². The lowest BCUT2D eigenvalue weighted by molar-refractivity contribution is 0.235. The van der Waals surface area contributed by atoms with E-state index in [1.54, 1.807) is 6.20 Å². The minimum atomic E-state index is -0.811. The highest BCUT2D eigenvalue weighted by Crippen LogP contribution is 2.37. The average molecular weight is 330 g/mol. The maximum absolute atomic E-state index is 13.9. The molecule has 0 spiro atoms. The summed E-state index contributed by atoms with van der Waals surface area (Å²) in [6.45, 7) is 2.36. The summed E-state index contributed by atoms with van der Waals surface area (Å²) in [6.07, 6.45) is 11.7. The number of rotatable bonds is 3. The van der Waals surface area contributed by atoms with Crippen LogP contribution in [0.3, 0.4) is 0 Å². The van der Waals surface area contributed by atoms with Crippen LogP contribution < -0.4 is 0 Å². The van der Waals surface area contributed by atoms with Crippen LogP contribution in [0.15, 0.2) is 30.5 Å². The molecule has 0 unspecified atom stereocenters. The minimum Gasteiger partial charge on any atom is -0.256 e. The summed E-state index contributed by atoms with van der Waals surface area (Å²) in [7, 11) is 0. The van der Waals surface area contributed by atoms with Gasteiger partial charge in [0.25, 0.3) is 0 Å². The molecule has 0 amide bonds. The molecule has 0 aromatic carbocycles. The van der Waals surface area contributed by atoms with Gasteiger partial charge in [0.15, 0.2) is 0 Å². The number of halogens is 2. The van der Waals surface area contributed by atoms with E-state index < -0.39 is 11.9 Å². The second kappa shape index (κ2) is 7.37. The maximum atomic E-state index is 13.9. The molecule has 0 bridgehead atoms. The Kier molecular flexibility index (Phi) is 5.22. The van der Waals surface area contributed by atoms with Gasteiger partial charge in [-0.25, -0.2) is 0 Å². The molecule has 0 radical (unpaired) electrons. The molecule has 2 aromatic rings. The van der Waals surface area contributed by atoms with Gasteiger partial charge >= 0.3 is 0 Å². The fourth-order valence-corrected chi connectivity index (χ4v) is 3.76. The van der Waals surface area contributed by atoms with Crippen LogP contribution in [0.4, 0.5) is 8.78 Å². The highest BCUT2D eigenvalue weighted by atomic mass is 19.1. The van der Waals surface area contributed by atoms with Gasteiger partial charge in [0.2, 0.25) is 11.9 Å². The summed E-state index contributed by atoms with van der Waals surface area (Å²) >= 11 is 0. The van der Waals surface area contributed by atoms with E-state index in [1.807, 2.05) is 12.1 Å². The van der Waals surface area contributed by atoms with Crippen molar-refractivity contribution in [1.82, 2.24) is 9.97 Å². The number of hydrogen-bond acceptors (Lipinski definition) is 2. The van der Waals surface area contributed by atoms with Gasteiger partial charge in [0, 0.05) is 6.20 Å². The first-order valence-corrected chi connectivity index (χ1v) is 8.83. The first kappa shape index (κ1) is 17.0. The molecule has 1 fully saturated rings. The fourth-order valence-electron chi connectivity index (χ4n) is 3.76. The largest absolute Gasteiger partial charge is 0.256 e. The molecule has 0 N–H and O–H groups in total. The number of aromatic nitrogens is 2. The molecule has 1 aliphatic rings. The molecule has 0 saturated heterocycles. The molecule has 1 saturated carbocycles. The standard InChI is InChI=1S/C20H24F2N2/c1-20(10-5-3-2-4-6-11-20)14-15-9-12-23-17(13-15)16-7-8-18(21)24-19(16)22/h7-9,12-13H,2-6,10-11,14H2,1H3. The predicted octanol–water partition coefficient (Wildman–Crippen LogP) is 5.71. The first-order chi connectivity index (χ1) is 11.6. The van der Waals surface area contributed by atoms with Crippen LogP contribution in [0, 0.1) is 17.3 Å². The zero-order chi connectivity index (χ0) is 17.0. The molecule has 2 nitrogen and oxygen atoms in total. The van der Waals surface area contributed by atoms with Gasteiger partial charge in [-0.15, -0.1) is 0 Å². The van der Waals surface area contributed by atoms with Gasteiger partial charge in [-0.1, -0.05) is 39.0 Å². The Bertz CT molecular complexity index is 692. The Morgan fingerprint density at radius 2 is 1.71 bits per heavy atom. The van der Waals surface area contributed by atoms with Gasteiger partial charge in [-0.05, 0) is 54.5 Å². The lowest BCUT2D eigenvalue weighted by Crippen LogP contribution is -2.21. The summed E-state index contributed by atoms with van der Waals surface area (Å²) in [6, 6.07) is 6.49. The number of pyridine rings is 2. The lowest BCUT2D eigenvalue weighted by Gasteiger charge is -2.32. The van der Waals surface area contributed by atoms with Crippen LogP contribution in [-0.4, -0.2) is 9.97 Å². The van der Waals surface area contributed by atoms with Crippen molar-refractivity contribution in [2.24, 2.45) is 5.41 Å². The molecule has 0 atom stereocenters. The summed E-state index contributed by atoms with van der Waals surface area (Å²) < 4.78 is 26.9. The average Bonchev–Trinajstić information content (AvgIpc) is 2.52. The Morgan fingerprint density at radius 1 is 1.00 bits per heavy atom. The summed E-state index contributed by atoms with van der Waals surface area (Å²) in [4.78, 5) is 7.51. The van der Waals surface area contributed by atoms with Crippen molar-refractivity contribution in [2.75, 3.05) is 0 Å². The van der Waals surface area contributed by atoms with Crippen molar-refractivity contribution < 1.29 is 8.78 Å². The maximum Gasteiger partial charge on any atom is 0.224 e. The monoisotopic (exact) mass is 330 g/mol. The molecule has 4 heteroatoms. The van der Waals surface area contributed by atoms with E-state index in [0.29, 0.717) is 11.1 Å². The van der Waals surface area contributed by atoms with Crippen LogP contribution in [-0.2, 0) is 6.42 Å². The quantitative estimate of drug-likeness (QED) is 0.673. The molecule has 2 heterocycles. The van der Waals surface area contributed by atoms with Crippen LogP contribution in [0.2, 0.25) is 0 Å². The predicted molar refractivity (Wildman–Crippen MR) is 91.5 cm³/mol. The fraction of sp³-hybridized carbons (Fsp3) is 0.500. The topological polar surface area (TPSA) is 25.8 Å². The zero-order valence-electron chi connectivity index (χ0n) is 14.2. The SMILES string of the molecule is CC1(Cc2ccnc(-c3ccc(F)nc3F)c2)CCCCCCC1. The summed E-state index contributed by atoms with van der Waals surface area (Å²) in [5.41, 5.74) is 2.22. The number of nitrogens with zero attached hydrogens (tertiary/aromatic N) is 2. The summed E-state index contributed by atoms with van der Waals surface area (Å²) in [5, 5.41) is 0. The molecule has 128 valence electrons. The van der Waals surface area contributed by atoms with E-state index >= 15 is 0 Å². The van der Waals surface area contributed by atoms with Crippen molar-refractivity contribution >= 4 is 0 Å². The van der Waals surface area contributed by atoms with E-state index in [2.05, 4.69) is 16.9 Å². The zero-order valence-corrected chi connectivity index (χ0v) is 14.2. The molecular weight excluding hydrogens is 306 g/mol. The van der Waals surface area contributed by atoms with E-state index in [9.17, 15) is 8.78 Å². The molecule has 24 heavy (non-hydrogen) atoms. The molecule has 3 rings (SSSR count). The van der Waals surface area contributed by atoms with Crippen molar-refractivity contribution in [3.05, 3.63) is 47.9 Å². The molecule has 1 aliphatic carbocycles. The van der Waals surface area contributed by atoms with Crippen LogP contribution in [0.1, 0.15) is 57.4 Å². The van der Waals surface area contributed by atoms with Gasteiger partial charge in [0.05, 0.1) is 11.3 Å². The van der Waals surface area contributed by atoms with E-state index in [1.165, 1.54) is 57.1 Å². The molecular formula is C20H24F2N2. The Morgan fingerprint density at radius 3 is 2.42 bits per heavy atom. The van der Waals surface area contributed by atoms with E-state index in [4.69, 9.17) is 0 Å². The highest BCUT2D eigenvalue weighted by molar-refractivity contribution is 5.59. The number of hydrogen-bond donors (Lipinski definition) is 0. The lowest BCUT2D eigenvalue weighted by atomic mass is 9.74. The van der Waals surface area contributed by atoms with Crippen LogP contribution in [0.5, 0.6) is 0 Å². The Labute approximate surface area is 142 Å². The summed E-state index contributed by atoms with van der Waals surface area (Å²) in [5.74, 6) is -1.62. The Balaban J connectivity index is 1.82. The smallest absolute Gasteiger partial charge is 0.224 e. The van der Waals surface area contributed by atoms with Gasteiger partial charge < -0.3 is 0 Å². The minimum absolute atomic E-state index is 0.251. The Hall–Kier alpha value is -1.84.